The van der Waals surface area contributed by atoms with Crippen LogP contribution in [0.15, 0.2) is 24.3 Å². The van der Waals surface area contributed by atoms with E-state index in [1.807, 2.05) is 18.2 Å². The smallest absolute Gasteiger partial charge is 0.203 e. The minimum atomic E-state index is 0.00862. The zero-order chi connectivity index (χ0) is 20.7. The first kappa shape index (κ1) is 19.1. The van der Waals surface area contributed by atoms with Gasteiger partial charge in [0.2, 0.25) is 5.75 Å². The van der Waals surface area contributed by atoms with Crippen LogP contribution in [0, 0.1) is 0 Å². The fraction of sp³-hybridized carbons (Fsp3) is 0.304. The molecule has 4 rings (SSSR count). The van der Waals surface area contributed by atoms with Crippen molar-refractivity contribution in [3.8, 4) is 28.7 Å². The first-order chi connectivity index (χ1) is 14.1. The van der Waals surface area contributed by atoms with Crippen LogP contribution in [-0.2, 0) is 0 Å². The minimum Gasteiger partial charge on any atom is -0.493 e. The van der Waals surface area contributed by atoms with Gasteiger partial charge in [0.25, 0.3) is 0 Å². The van der Waals surface area contributed by atoms with Gasteiger partial charge in [-0.15, -0.1) is 0 Å². The van der Waals surface area contributed by atoms with E-state index >= 15 is 0 Å². The van der Waals surface area contributed by atoms with Crippen LogP contribution >= 0.6 is 0 Å². The molecule has 0 bridgehead atoms. The number of rotatable bonds is 5. The quantitative estimate of drug-likeness (QED) is 0.775. The number of fused-ring (bicyclic) bond motifs is 4. The average molecular weight is 395 g/mol. The Bertz CT molecular complexity index is 1120. The SMILES string of the molecule is COc1cc2c(cc1OC)C1C(=c3c(OC)c(OC)c(OC)cc3=CN1C)C=C2. The van der Waals surface area contributed by atoms with E-state index in [1.54, 1.807) is 35.5 Å². The van der Waals surface area contributed by atoms with Gasteiger partial charge in [-0.3, -0.25) is 0 Å². The van der Waals surface area contributed by atoms with Gasteiger partial charge in [-0.05, 0) is 34.9 Å². The van der Waals surface area contributed by atoms with Crippen molar-refractivity contribution in [2.45, 2.75) is 6.04 Å². The molecule has 2 aliphatic rings. The Hall–Kier alpha value is -3.28. The third-order valence-corrected chi connectivity index (χ3v) is 5.52. The van der Waals surface area contributed by atoms with Gasteiger partial charge in [0.1, 0.15) is 0 Å². The van der Waals surface area contributed by atoms with E-state index in [2.05, 4.69) is 30.3 Å². The number of nitrogens with zero attached hydrogens (tertiary/aromatic N) is 1. The first-order valence-electron chi connectivity index (χ1n) is 9.28. The number of ether oxygens (including phenoxy) is 5. The lowest BCUT2D eigenvalue weighted by atomic mass is 9.84. The molecule has 0 spiro atoms. The molecule has 0 amide bonds. The van der Waals surface area contributed by atoms with Crippen LogP contribution in [-0.4, -0.2) is 47.5 Å². The van der Waals surface area contributed by atoms with E-state index < -0.39 is 0 Å². The standard InChI is InChI=1S/C23H25NO5/c1-24-12-14-10-19(27-4)22(28-5)23(29-6)20(14)15-8-7-13-9-17(25-2)18(26-3)11-16(13)21(15)24/h7-12,21H,1-6H3. The molecular formula is C23H25NO5. The highest BCUT2D eigenvalue weighted by molar-refractivity contribution is 5.82. The van der Waals surface area contributed by atoms with Crippen LogP contribution in [0.2, 0.25) is 0 Å². The Kier molecular flexibility index (Phi) is 4.78. The van der Waals surface area contributed by atoms with Gasteiger partial charge in [-0.25, -0.2) is 0 Å². The molecule has 0 N–H and O–H groups in total. The maximum Gasteiger partial charge on any atom is 0.203 e. The number of hydrogen-bond donors (Lipinski definition) is 0. The summed E-state index contributed by atoms with van der Waals surface area (Å²) < 4.78 is 28.0. The normalized spacial score (nSPS) is 16.3. The summed E-state index contributed by atoms with van der Waals surface area (Å²) in [5.41, 5.74) is 3.36. The maximum atomic E-state index is 5.79. The lowest BCUT2D eigenvalue weighted by Gasteiger charge is -2.35. The monoisotopic (exact) mass is 395 g/mol. The molecule has 0 aromatic heterocycles. The van der Waals surface area contributed by atoms with Crippen LogP contribution in [0.3, 0.4) is 0 Å². The summed E-state index contributed by atoms with van der Waals surface area (Å²) in [6, 6.07) is 6.05. The second-order valence-electron chi connectivity index (χ2n) is 6.93. The second-order valence-corrected chi connectivity index (χ2v) is 6.93. The van der Waals surface area contributed by atoms with Crippen LogP contribution in [0.5, 0.6) is 28.7 Å². The molecule has 0 radical (unpaired) electrons. The zero-order valence-corrected chi connectivity index (χ0v) is 17.5. The van der Waals surface area contributed by atoms with E-state index in [0.29, 0.717) is 28.7 Å². The Morgan fingerprint density at radius 2 is 1.38 bits per heavy atom. The van der Waals surface area contributed by atoms with E-state index in [1.165, 1.54) is 0 Å². The lowest BCUT2D eigenvalue weighted by molar-refractivity contribution is 0.320. The fourth-order valence-electron chi connectivity index (χ4n) is 4.26. The number of benzene rings is 2. The van der Waals surface area contributed by atoms with Gasteiger partial charge < -0.3 is 28.6 Å². The van der Waals surface area contributed by atoms with E-state index in [4.69, 9.17) is 23.7 Å². The molecule has 0 fully saturated rings. The highest BCUT2D eigenvalue weighted by Gasteiger charge is 2.31. The van der Waals surface area contributed by atoms with Crippen LogP contribution < -0.4 is 34.1 Å². The Balaban J connectivity index is 2.06. The van der Waals surface area contributed by atoms with Gasteiger partial charge in [0.15, 0.2) is 23.0 Å². The van der Waals surface area contributed by atoms with Crippen molar-refractivity contribution >= 4 is 17.8 Å². The molecule has 152 valence electrons. The van der Waals surface area contributed by atoms with Gasteiger partial charge >= 0.3 is 0 Å². The van der Waals surface area contributed by atoms with E-state index in [0.717, 1.165) is 27.1 Å². The molecule has 1 aliphatic carbocycles. The summed E-state index contributed by atoms with van der Waals surface area (Å²) in [5.74, 6) is 3.31. The van der Waals surface area contributed by atoms with Gasteiger partial charge in [-0.1, -0.05) is 12.2 Å². The summed E-state index contributed by atoms with van der Waals surface area (Å²) in [6.07, 6.45) is 6.34. The molecule has 6 nitrogen and oxygen atoms in total. The molecule has 29 heavy (non-hydrogen) atoms. The predicted octanol–water partition coefficient (Wildman–Crippen LogP) is 2.33. The minimum absolute atomic E-state index is 0.00862. The topological polar surface area (TPSA) is 49.4 Å². The summed E-state index contributed by atoms with van der Waals surface area (Å²) in [6.45, 7) is 0. The molecule has 2 aromatic rings. The number of methoxy groups -OCH3 is 5. The fourth-order valence-corrected chi connectivity index (χ4v) is 4.26. The summed E-state index contributed by atoms with van der Waals surface area (Å²) >= 11 is 0. The Morgan fingerprint density at radius 1 is 0.724 bits per heavy atom. The number of hydrogen-bond acceptors (Lipinski definition) is 6. The lowest BCUT2D eigenvalue weighted by Crippen LogP contribution is -2.40. The second kappa shape index (κ2) is 7.28. The van der Waals surface area contributed by atoms with Crippen molar-refractivity contribution < 1.29 is 23.7 Å². The van der Waals surface area contributed by atoms with Crippen LogP contribution in [0.25, 0.3) is 17.8 Å². The Labute approximate surface area is 170 Å². The van der Waals surface area contributed by atoms with Crippen LogP contribution in [0.1, 0.15) is 17.2 Å². The molecule has 0 saturated heterocycles. The summed E-state index contributed by atoms with van der Waals surface area (Å²) in [7, 11) is 10.3. The third-order valence-electron chi connectivity index (χ3n) is 5.52. The van der Waals surface area contributed by atoms with Gasteiger partial charge in [-0.2, -0.15) is 0 Å². The van der Waals surface area contributed by atoms with Crippen LogP contribution in [0.4, 0.5) is 0 Å². The summed E-state index contributed by atoms with van der Waals surface area (Å²) in [5, 5.41) is 2.02. The summed E-state index contributed by atoms with van der Waals surface area (Å²) in [4.78, 5) is 2.19. The van der Waals surface area contributed by atoms with Crippen molar-refractivity contribution in [2.75, 3.05) is 42.6 Å². The molecule has 1 unspecified atom stereocenters. The van der Waals surface area contributed by atoms with Crippen molar-refractivity contribution in [3.05, 3.63) is 45.8 Å². The van der Waals surface area contributed by atoms with E-state index in [9.17, 15) is 0 Å². The molecule has 6 heteroatoms. The zero-order valence-electron chi connectivity index (χ0n) is 17.5. The maximum absolute atomic E-state index is 5.79. The molecule has 1 aliphatic heterocycles. The average Bonchev–Trinajstić information content (AvgIpc) is 2.75. The van der Waals surface area contributed by atoms with Crippen molar-refractivity contribution in [3.63, 3.8) is 0 Å². The first-order valence-corrected chi connectivity index (χ1v) is 9.28. The predicted molar refractivity (Wildman–Crippen MR) is 112 cm³/mol. The largest absolute Gasteiger partial charge is 0.493 e. The van der Waals surface area contributed by atoms with Crippen molar-refractivity contribution in [2.24, 2.45) is 0 Å². The van der Waals surface area contributed by atoms with Crippen molar-refractivity contribution in [1.29, 1.82) is 0 Å². The highest BCUT2D eigenvalue weighted by atomic mass is 16.5. The molecule has 1 heterocycles. The molecular weight excluding hydrogens is 370 g/mol. The molecule has 1 atom stereocenters. The third kappa shape index (κ3) is 2.78. The van der Waals surface area contributed by atoms with Crippen molar-refractivity contribution in [1.82, 2.24) is 4.90 Å². The Morgan fingerprint density at radius 3 is 2.00 bits per heavy atom. The highest BCUT2D eigenvalue weighted by Crippen LogP contribution is 2.43. The molecule has 2 aromatic carbocycles. The van der Waals surface area contributed by atoms with Gasteiger partial charge in [0.05, 0.1) is 41.6 Å². The van der Waals surface area contributed by atoms with Gasteiger partial charge in [0, 0.05) is 23.7 Å². The molecule has 0 saturated carbocycles. The van der Waals surface area contributed by atoms with E-state index in [-0.39, 0.29) is 6.04 Å².